The summed E-state index contributed by atoms with van der Waals surface area (Å²) in [7, 11) is 0. The molecule has 3 aromatic rings. The number of benzene rings is 2. The molecule has 0 bridgehead atoms. The Morgan fingerprint density at radius 2 is 1.79 bits per heavy atom. The monoisotopic (exact) mass is 388 g/mol. The summed E-state index contributed by atoms with van der Waals surface area (Å²) in [5.41, 5.74) is 0.268. The molecule has 0 atom stereocenters. The molecule has 0 spiro atoms. The van der Waals surface area contributed by atoms with E-state index < -0.39 is 17.2 Å². The number of rotatable bonds is 6. The van der Waals surface area contributed by atoms with Crippen molar-refractivity contribution in [3.05, 3.63) is 92.8 Å². The van der Waals surface area contributed by atoms with Crippen molar-refractivity contribution in [2.24, 2.45) is 0 Å². The van der Waals surface area contributed by atoms with E-state index in [0.29, 0.717) is 12.4 Å². The fourth-order valence-corrected chi connectivity index (χ4v) is 3.21. The number of hydrogen-bond donors (Lipinski definition) is 1. The molecule has 6 heteroatoms. The predicted octanol–water partition coefficient (Wildman–Crippen LogP) is 3.41. The quantitative estimate of drug-likeness (QED) is 0.653. The molecule has 0 aliphatic rings. The SMILES string of the molecule is CCOc1ccccc1C(=O)c1c(C)c(C#N)c(=O)n(Cc2ccccc2)c1O. The van der Waals surface area contributed by atoms with Crippen molar-refractivity contribution in [1.82, 2.24) is 4.57 Å². The average molecular weight is 388 g/mol. The van der Waals surface area contributed by atoms with Crippen LogP contribution in [0.1, 0.15) is 39.5 Å². The van der Waals surface area contributed by atoms with Gasteiger partial charge in [0.2, 0.25) is 11.7 Å². The fourth-order valence-electron chi connectivity index (χ4n) is 3.21. The summed E-state index contributed by atoms with van der Waals surface area (Å²) < 4.78 is 6.58. The summed E-state index contributed by atoms with van der Waals surface area (Å²) in [5.74, 6) is -0.605. The van der Waals surface area contributed by atoms with Crippen molar-refractivity contribution in [2.45, 2.75) is 20.4 Å². The lowest BCUT2D eigenvalue weighted by Gasteiger charge is -2.17. The minimum absolute atomic E-state index is 0.0356. The van der Waals surface area contributed by atoms with Crippen LogP contribution in [0.3, 0.4) is 0 Å². The molecule has 0 aliphatic carbocycles. The lowest BCUT2D eigenvalue weighted by Crippen LogP contribution is -2.27. The summed E-state index contributed by atoms with van der Waals surface area (Å²) in [5, 5.41) is 20.4. The molecular formula is C23H20N2O4. The fraction of sp³-hybridized carbons (Fsp3) is 0.174. The van der Waals surface area contributed by atoms with E-state index in [4.69, 9.17) is 4.74 Å². The maximum Gasteiger partial charge on any atom is 0.271 e. The van der Waals surface area contributed by atoms with Crippen LogP contribution < -0.4 is 10.3 Å². The zero-order chi connectivity index (χ0) is 21.0. The van der Waals surface area contributed by atoms with Gasteiger partial charge < -0.3 is 9.84 Å². The van der Waals surface area contributed by atoms with Gasteiger partial charge in [-0.3, -0.25) is 14.2 Å². The Morgan fingerprint density at radius 1 is 1.14 bits per heavy atom. The molecule has 0 amide bonds. The van der Waals surface area contributed by atoms with Crippen LogP contribution in [0.25, 0.3) is 0 Å². The van der Waals surface area contributed by atoms with Gasteiger partial charge in [0.1, 0.15) is 17.4 Å². The van der Waals surface area contributed by atoms with Crippen molar-refractivity contribution in [3.63, 3.8) is 0 Å². The molecule has 0 fully saturated rings. The van der Waals surface area contributed by atoms with Crippen LogP contribution in [-0.4, -0.2) is 22.1 Å². The Kier molecular flexibility index (Phi) is 5.79. The van der Waals surface area contributed by atoms with Crippen molar-refractivity contribution >= 4 is 5.78 Å². The van der Waals surface area contributed by atoms with Crippen molar-refractivity contribution in [1.29, 1.82) is 5.26 Å². The molecule has 1 heterocycles. The largest absolute Gasteiger partial charge is 0.494 e. The molecule has 0 saturated carbocycles. The number of aromatic nitrogens is 1. The molecule has 1 aromatic heterocycles. The number of hydrogen-bond acceptors (Lipinski definition) is 5. The molecule has 0 saturated heterocycles. The predicted molar refractivity (Wildman–Crippen MR) is 108 cm³/mol. The molecule has 0 unspecified atom stereocenters. The number of aromatic hydroxyl groups is 1. The smallest absolute Gasteiger partial charge is 0.271 e. The van der Waals surface area contributed by atoms with Gasteiger partial charge >= 0.3 is 0 Å². The van der Waals surface area contributed by atoms with Gasteiger partial charge in [-0.2, -0.15) is 5.26 Å². The van der Waals surface area contributed by atoms with Gasteiger partial charge in [-0.15, -0.1) is 0 Å². The molecule has 146 valence electrons. The first-order valence-corrected chi connectivity index (χ1v) is 9.16. The lowest BCUT2D eigenvalue weighted by molar-refractivity contribution is 0.103. The van der Waals surface area contributed by atoms with Gasteiger partial charge in [0.15, 0.2) is 0 Å². The first-order chi connectivity index (χ1) is 14.0. The van der Waals surface area contributed by atoms with E-state index in [2.05, 4.69) is 0 Å². The minimum Gasteiger partial charge on any atom is -0.494 e. The highest BCUT2D eigenvalue weighted by molar-refractivity contribution is 6.13. The standard InChI is InChI=1S/C23H20N2O4/c1-3-29-19-12-8-7-11-17(19)21(26)20-15(2)18(13-24)22(27)25(23(20)28)14-16-9-5-4-6-10-16/h4-12,28H,3,14H2,1-2H3. The van der Waals surface area contributed by atoms with Crippen LogP contribution in [-0.2, 0) is 6.54 Å². The van der Waals surface area contributed by atoms with Crippen LogP contribution in [0.2, 0.25) is 0 Å². The maximum atomic E-state index is 13.3. The van der Waals surface area contributed by atoms with E-state index in [1.165, 1.54) is 6.92 Å². The van der Waals surface area contributed by atoms with Crippen molar-refractivity contribution in [2.75, 3.05) is 6.61 Å². The Hall–Kier alpha value is -3.85. The molecule has 2 aromatic carbocycles. The Morgan fingerprint density at radius 3 is 2.45 bits per heavy atom. The molecule has 3 rings (SSSR count). The lowest BCUT2D eigenvalue weighted by atomic mass is 9.96. The number of ketones is 1. The Balaban J connectivity index is 2.22. The van der Waals surface area contributed by atoms with E-state index in [1.54, 1.807) is 55.5 Å². The topological polar surface area (TPSA) is 92.3 Å². The van der Waals surface area contributed by atoms with Crippen LogP contribution in [0, 0.1) is 18.3 Å². The maximum absolute atomic E-state index is 13.3. The van der Waals surface area contributed by atoms with Crippen LogP contribution >= 0.6 is 0 Å². The molecular weight excluding hydrogens is 368 g/mol. The van der Waals surface area contributed by atoms with Gasteiger partial charge in [-0.25, -0.2) is 0 Å². The molecule has 6 nitrogen and oxygen atoms in total. The van der Waals surface area contributed by atoms with E-state index in [0.717, 1.165) is 10.1 Å². The van der Waals surface area contributed by atoms with Crippen LogP contribution in [0.5, 0.6) is 11.6 Å². The Bertz CT molecular complexity index is 1160. The van der Waals surface area contributed by atoms with Gasteiger partial charge in [0, 0.05) is 0 Å². The molecule has 0 radical (unpaired) electrons. The highest BCUT2D eigenvalue weighted by Crippen LogP contribution is 2.29. The van der Waals surface area contributed by atoms with E-state index in [1.807, 2.05) is 12.1 Å². The second-order valence-corrected chi connectivity index (χ2v) is 6.45. The average Bonchev–Trinajstić information content (AvgIpc) is 2.73. The first kappa shape index (κ1) is 19.9. The van der Waals surface area contributed by atoms with E-state index in [9.17, 15) is 20.0 Å². The second kappa shape index (κ2) is 8.44. The highest BCUT2D eigenvalue weighted by atomic mass is 16.5. The Labute approximate surface area is 168 Å². The highest BCUT2D eigenvalue weighted by Gasteiger charge is 2.26. The third kappa shape index (κ3) is 3.76. The van der Waals surface area contributed by atoms with E-state index >= 15 is 0 Å². The number of carbonyl (C=O) groups excluding carboxylic acids is 1. The third-order valence-electron chi connectivity index (χ3n) is 4.64. The van der Waals surface area contributed by atoms with Crippen LogP contribution in [0.4, 0.5) is 0 Å². The van der Waals surface area contributed by atoms with Crippen molar-refractivity contribution < 1.29 is 14.6 Å². The second-order valence-electron chi connectivity index (χ2n) is 6.45. The number of pyridine rings is 1. The van der Waals surface area contributed by atoms with Gasteiger partial charge in [0.25, 0.3) is 5.56 Å². The third-order valence-corrected chi connectivity index (χ3v) is 4.64. The minimum atomic E-state index is -0.638. The summed E-state index contributed by atoms with van der Waals surface area (Å²) >= 11 is 0. The zero-order valence-electron chi connectivity index (χ0n) is 16.2. The van der Waals surface area contributed by atoms with Gasteiger partial charge in [0.05, 0.1) is 24.3 Å². The summed E-state index contributed by atoms with van der Waals surface area (Å²) in [4.78, 5) is 26.1. The molecule has 0 aliphatic heterocycles. The van der Waals surface area contributed by atoms with Gasteiger partial charge in [-0.05, 0) is 37.1 Å². The summed E-state index contributed by atoms with van der Waals surface area (Å²) in [6.45, 7) is 3.70. The number of nitrogens with zero attached hydrogens (tertiary/aromatic N) is 2. The first-order valence-electron chi connectivity index (χ1n) is 9.16. The number of carbonyl (C=O) groups is 1. The summed E-state index contributed by atoms with van der Waals surface area (Å²) in [6.07, 6.45) is 0. The van der Waals surface area contributed by atoms with Crippen molar-refractivity contribution in [3.8, 4) is 17.7 Å². The van der Waals surface area contributed by atoms with Gasteiger partial charge in [-0.1, -0.05) is 42.5 Å². The number of nitriles is 1. The normalized spacial score (nSPS) is 10.4. The van der Waals surface area contributed by atoms with E-state index in [-0.39, 0.29) is 28.8 Å². The van der Waals surface area contributed by atoms with Crippen LogP contribution in [0.15, 0.2) is 59.4 Å². The molecule has 29 heavy (non-hydrogen) atoms. The zero-order valence-corrected chi connectivity index (χ0v) is 16.2. The molecule has 1 N–H and O–H groups in total. The number of ether oxygens (including phenoxy) is 1. The summed E-state index contributed by atoms with van der Waals surface area (Å²) in [6, 6.07) is 17.6. The number of para-hydroxylation sites is 1.